The molecule has 0 aliphatic heterocycles. The molecule has 2 atom stereocenters. The Bertz CT molecular complexity index is 3240. The van der Waals surface area contributed by atoms with Crippen LogP contribution < -0.4 is 24.4 Å². The first-order valence-corrected chi connectivity index (χ1v) is 27.5. The normalized spacial score (nSPS) is 11.5. The Morgan fingerprint density at radius 2 is 1.01 bits per heavy atom. The van der Waals surface area contributed by atoms with Gasteiger partial charge in [-0.3, -0.25) is 5.43 Å². The van der Waals surface area contributed by atoms with E-state index >= 15 is 0 Å². The summed E-state index contributed by atoms with van der Waals surface area (Å²) in [5.74, 6) is -3.14. The van der Waals surface area contributed by atoms with E-state index in [1.807, 2.05) is 24.3 Å². The van der Waals surface area contributed by atoms with Gasteiger partial charge in [0.15, 0.2) is 12.2 Å². The van der Waals surface area contributed by atoms with Crippen LogP contribution in [0.15, 0.2) is 171 Å². The summed E-state index contributed by atoms with van der Waals surface area (Å²) in [4.78, 5) is 90.6. The number of fused-ring (bicyclic) bond motifs is 1. The van der Waals surface area contributed by atoms with Crippen LogP contribution in [-0.4, -0.2) is 125 Å². The number of para-hydroxylation sites is 1. The van der Waals surface area contributed by atoms with Gasteiger partial charge < -0.3 is 52.1 Å². The van der Waals surface area contributed by atoms with Gasteiger partial charge in [-0.15, -0.1) is 0 Å². The topological polar surface area (TPSA) is 258 Å². The van der Waals surface area contributed by atoms with Crippen molar-refractivity contribution in [1.82, 2.24) is 4.98 Å². The van der Waals surface area contributed by atoms with E-state index in [1.54, 1.807) is 42.5 Å². The largest absolute Gasteiger partial charge is 0.490 e. The van der Waals surface area contributed by atoms with E-state index in [0.717, 1.165) is 40.1 Å². The number of hydrogen-bond acceptors (Lipinski definition) is 22. The number of ether oxygens (including phenoxy) is 11. The van der Waals surface area contributed by atoms with E-state index < -0.39 is 54.0 Å². The Hall–Kier alpha value is -9.77. The van der Waals surface area contributed by atoms with E-state index in [0.29, 0.717) is 61.1 Å². The Balaban J connectivity index is 0.991. The van der Waals surface area contributed by atoms with Crippen LogP contribution in [0.4, 0.5) is 5.13 Å². The smallest absolute Gasteiger partial charge is 0.343 e. The number of thiazole rings is 1. The molecule has 0 saturated carbocycles. The molecule has 444 valence electrons. The predicted octanol–water partition coefficient (Wildman–Crippen LogP) is 9.59. The minimum absolute atomic E-state index is 0.0170. The second-order valence-electron chi connectivity index (χ2n) is 17.9. The second kappa shape index (κ2) is 35.3. The van der Waals surface area contributed by atoms with Crippen LogP contribution in [0.25, 0.3) is 10.2 Å². The third kappa shape index (κ3) is 22.8. The molecule has 0 aliphatic rings. The van der Waals surface area contributed by atoms with E-state index in [4.69, 9.17) is 52.1 Å². The highest BCUT2D eigenvalue weighted by Crippen LogP contribution is 2.27. The van der Waals surface area contributed by atoms with Crippen LogP contribution in [0.1, 0.15) is 67.9 Å². The summed E-state index contributed by atoms with van der Waals surface area (Å²) in [7, 11) is 0. The molecule has 1 heterocycles. The number of esters is 7. The molecular formula is C63H63N3O18S. The predicted molar refractivity (Wildman–Crippen MR) is 314 cm³/mol. The molecule has 0 radical (unpaired) electrons. The first-order valence-electron chi connectivity index (χ1n) is 26.7. The molecule has 85 heavy (non-hydrogen) atoms. The highest BCUT2D eigenvalue weighted by molar-refractivity contribution is 7.22. The summed E-state index contributed by atoms with van der Waals surface area (Å²) >= 11 is 1.41. The zero-order valence-electron chi connectivity index (χ0n) is 46.4. The lowest BCUT2D eigenvalue weighted by Crippen LogP contribution is -2.29. The first-order chi connectivity index (χ1) is 41.3. The fourth-order valence-electron chi connectivity index (χ4n) is 7.27. The molecular weight excluding hydrogens is 1120 g/mol. The van der Waals surface area contributed by atoms with Gasteiger partial charge in [0.25, 0.3) is 0 Å². The van der Waals surface area contributed by atoms with Gasteiger partial charge in [-0.05, 0) is 128 Å². The minimum atomic E-state index is -0.776. The Morgan fingerprint density at radius 1 is 0.518 bits per heavy atom. The van der Waals surface area contributed by atoms with Crippen molar-refractivity contribution in [3.05, 3.63) is 194 Å². The van der Waals surface area contributed by atoms with Crippen molar-refractivity contribution in [3.63, 3.8) is 0 Å². The Kier molecular flexibility index (Phi) is 26.7. The Labute approximate surface area is 494 Å². The maximum Gasteiger partial charge on any atom is 0.343 e. The van der Waals surface area contributed by atoms with Gasteiger partial charge in [0.05, 0.1) is 66.2 Å². The zero-order valence-corrected chi connectivity index (χ0v) is 47.2. The highest BCUT2D eigenvalue weighted by Gasteiger charge is 2.19. The van der Waals surface area contributed by atoms with E-state index in [9.17, 15) is 33.6 Å². The molecule has 0 saturated heterocycles. The second-order valence-corrected chi connectivity index (χ2v) is 19.0. The number of anilines is 1. The van der Waals surface area contributed by atoms with Gasteiger partial charge in [0.1, 0.15) is 36.2 Å². The van der Waals surface area contributed by atoms with Crippen molar-refractivity contribution in [2.24, 2.45) is 5.10 Å². The quantitative estimate of drug-likeness (QED) is 0.00724. The van der Waals surface area contributed by atoms with Gasteiger partial charge in [-0.2, -0.15) is 5.10 Å². The number of benzene rings is 5. The number of carbonyl (C=O) groups is 7. The monoisotopic (exact) mass is 1180 g/mol. The van der Waals surface area contributed by atoms with Crippen molar-refractivity contribution in [3.8, 4) is 23.0 Å². The summed E-state index contributed by atoms with van der Waals surface area (Å²) in [6.45, 7) is 14.6. The number of nitrogens with zero attached hydrogens (tertiary/aromatic N) is 2. The van der Waals surface area contributed by atoms with Crippen LogP contribution in [0, 0.1) is 0 Å². The zero-order chi connectivity index (χ0) is 60.6. The van der Waals surface area contributed by atoms with Crippen LogP contribution >= 0.6 is 11.3 Å². The van der Waals surface area contributed by atoms with Crippen LogP contribution in [0.2, 0.25) is 0 Å². The fourth-order valence-corrected chi connectivity index (χ4v) is 8.08. The van der Waals surface area contributed by atoms with Gasteiger partial charge in [0.2, 0.25) is 5.13 Å². The molecule has 1 aromatic heterocycles. The maximum absolute atomic E-state index is 13.5. The standard InChI is InChI=1S/C63H63N3O18S/c1-5-56(67)76-34-13-11-32-74-39-51(81-58(69)7-3)41-79-48-24-18-45(19-25-48)61(72)83-50-28-22-44(23-29-50)60(71)78-36-31-43-17-30-54(47(37-43)38-64-66-63-65-53-15-9-10-16-55(53)85-63)84-62(73)46-20-26-49(27-21-46)80-42-52(82-59(70)8-4)40-75-33-12-14-35-77-57(68)6-2/h5-10,15-30,37-38,51-52H,1-4,11-14,31-36,39-42H2,(H,65,66)/b64-38+. The molecule has 0 aliphatic carbocycles. The van der Waals surface area contributed by atoms with Gasteiger partial charge in [-0.1, -0.05) is 55.9 Å². The van der Waals surface area contributed by atoms with Crippen LogP contribution in [0.3, 0.4) is 0 Å². The first kappa shape index (κ1) is 64.4. The highest BCUT2D eigenvalue weighted by atomic mass is 32.1. The molecule has 22 heteroatoms. The third-order valence-corrected chi connectivity index (χ3v) is 12.5. The van der Waals surface area contributed by atoms with Crippen molar-refractivity contribution < 1.29 is 85.7 Å². The van der Waals surface area contributed by atoms with E-state index in [1.165, 1.54) is 66.1 Å². The Morgan fingerprint density at radius 3 is 1.54 bits per heavy atom. The molecule has 0 fully saturated rings. The lowest BCUT2D eigenvalue weighted by molar-refractivity contribution is -0.148. The fraction of sp³-hybridized carbons (Fsp3) is 0.254. The van der Waals surface area contributed by atoms with Crippen molar-refractivity contribution in [1.29, 1.82) is 0 Å². The summed E-state index contributed by atoms with van der Waals surface area (Å²) in [5.41, 5.74) is 5.53. The van der Waals surface area contributed by atoms with Gasteiger partial charge >= 0.3 is 41.8 Å². The van der Waals surface area contributed by atoms with Gasteiger partial charge in [-0.25, -0.2) is 38.5 Å². The summed E-state index contributed by atoms with van der Waals surface area (Å²) in [6, 6.07) is 30.9. The van der Waals surface area contributed by atoms with E-state index in [-0.39, 0.29) is 80.9 Å². The average molecular weight is 1180 g/mol. The molecule has 0 spiro atoms. The van der Waals surface area contributed by atoms with Gasteiger partial charge in [0, 0.05) is 49.5 Å². The number of aromatic nitrogens is 1. The van der Waals surface area contributed by atoms with Crippen molar-refractivity contribution in [2.75, 3.05) is 64.9 Å². The summed E-state index contributed by atoms with van der Waals surface area (Å²) in [5, 5.41) is 4.93. The molecule has 6 rings (SSSR count). The molecule has 21 nitrogen and oxygen atoms in total. The molecule has 0 bridgehead atoms. The molecule has 6 aromatic rings. The number of hydrazone groups is 1. The summed E-state index contributed by atoms with van der Waals surface area (Å²) in [6.07, 6.45) is 6.81. The number of nitrogens with one attached hydrogen (secondary N) is 1. The van der Waals surface area contributed by atoms with E-state index in [2.05, 4.69) is 41.8 Å². The average Bonchev–Trinajstić information content (AvgIpc) is 4.18. The third-order valence-electron chi connectivity index (χ3n) is 11.6. The van der Waals surface area contributed by atoms with Crippen molar-refractivity contribution >= 4 is 74.7 Å². The molecule has 1 N–H and O–H groups in total. The van der Waals surface area contributed by atoms with Crippen molar-refractivity contribution in [2.45, 2.75) is 44.3 Å². The number of hydrogen-bond donors (Lipinski definition) is 1. The minimum Gasteiger partial charge on any atom is -0.490 e. The number of unbranched alkanes of at least 4 members (excludes halogenated alkanes) is 2. The summed E-state index contributed by atoms with van der Waals surface area (Å²) < 4.78 is 61.6. The molecule has 5 aromatic carbocycles. The molecule has 0 amide bonds. The van der Waals surface area contributed by atoms with Crippen LogP contribution in [-0.2, 0) is 58.8 Å². The molecule has 2 unspecified atom stereocenters. The van der Waals surface area contributed by atoms with Crippen LogP contribution in [0.5, 0.6) is 23.0 Å². The SMILES string of the molecule is C=CC(=O)OCCCCOCC(COc1ccc(C(=O)Oc2ccc(C(=O)OCCc3ccc(OC(=O)c4ccc(OCC(COCCCCOC(=O)C=C)OC(=O)C=C)cc4)c(/C=N/Nc4nc5ccccc5s4)c3)cc2)cc1)OC(=O)C=C. The maximum atomic E-state index is 13.5. The number of carbonyl (C=O) groups excluding carboxylic acids is 7. The number of rotatable bonds is 37. The lowest BCUT2D eigenvalue weighted by atomic mass is 10.1. The lowest BCUT2D eigenvalue weighted by Gasteiger charge is -2.18.